The van der Waals surface area contributed by atoms with E-state index in [1.54, 1.807) is 27.7 Å². The third-order valence-corrected chi connectivity index (χ3v) is 2.85. The number of carbonyl (C=O) groups is 1. The van der Waals surface area contributed by atoms with Crippen LogP contribution in [0.3, 0.4) is 0 Å². The van der Waals surface area contributed by atoms with Crippen LogP contribution in [0, 0.1) is 5.41 Å². The minimum absolute atomic E-state index is 0.0694. The van der Waals surface area contributed by atoms with Gasteiger partial charge in [0.25, 0.3) is 10.1 Å². The average molecular weight is 238 g/mol. The van der Waals surface area contributed by atoms with E-state index in [1.807, 2.05) is 0 Å². The molecule has 0 aromatic carbocycles. The van der Waals surface area contributed by atoms with Crippen molar-refractivity contribution in [3.8, 4) is 0 Å². The fraction of sp³-hybridized carbons (Fsp3) is 0.889. The smallest absolute Gasteiger partial charge is 0.313 e. The molecule has 0 aromatic rings. The molecule has 0 aromatic heterocycles. The summed E-state index contributed by atoms with van der Waals surface area (Å²) in [6.45, 7) is 6.21. The van der Waals surface area contributed by atoms with Gasteiger partial charge in [-0.25, -0.2) is 4.18 Å². The van der Waals surface area contributed by atoms with Crippen molar-refractivity contribution in [2.24, 2.45) is 5.41 Å². The summed E-state index contributed by atoms with van der Waals surface area (Å²) in [4.78, 5) is 11.2. The molecular formula is C9H18O5S. The molecule has 5 nitrogen and oxygen atoms in total. The Morgan fingerprint density at radius 1 is 1.27 bits per heavy atom. The molecule has 0 saturated carbocycles. The molecule has 6 heteroatoms. The van der Waals surface area contributed by atoms with E-state index in [2.05, 4.69) is 8.92 Å². The van der Waals surface area contributed by atoms with Crippen LogP contribution in [0.25, 0.3) is 0 Å². The van der Waals surface area contributed by atoms with Gasteiger partial charge in [0.05, 0.1) is 11.2 Å². The number of esters is 1. The van der Waals surface area contributed by atoms with Gasteiger partial charge in [0, 0.05) is 0 Å². The average Bonchev–Trinajstić information content (AvgIpc) is 2.01. The highest BCUT2D eigenvalue weighted by Gasteiger charge is 2.23. The van der Waals surface area contributed by atoms with E-state index < -0.39 is 28.3 Å². The predicted octanol–water partition coefficient (Wildman–Crippen LogP) is 1.29. The highest BCUT2D eigenvalue weighted by atomic mass is 32.2. The number of rotatable bonds is 5. The first kappa shape index (κ1) is 14.4. The van der Waals surface area contributed by atoms with Gasteiger partial charge >= 0.3 is 5.97 Å². The molecule has 0 radical (unpaired) electrons. The molecule has 15 heavy (non-hydrogen) atoms. The van der Waals surface area contributed by atoms with Gasteiger partial charge in [0.15, 0.2) is 0 Å². The monoisotopic (exact) mass is 238 g/mol. The van der Waals surface area contributed by atoms with Gasteiger partial charge in [-0.1, -0.05) is 6.92 Å². The number of ether oxygens (including phenoxy) is 1. The minimum Gasteiger partial charge on any atom is -0.437 e. The number of hydrogen-bond donors (Lipinski definition) is 0. The molecular weight excluding hydrogens is 220 g/mol. The van der Waals surface area contributed by atoms with E-state index in [1.165, 1.54) is 0 Å². The third-order valence-electron chi connectivity index (χ3n) is 1.48. The van der Waals surface area contributed by atoms with E-state index in [0.717, 1.165) is 0 Å². The van der Waals surface area contributed by atoms with Crippen LogP contribution >= 0.6 is 0 Å². The Hall–Kier alpha value is -0.620. The van der Waals surface area contributed by atoms with Crippen LogP contribution in [0.4, 0.5) is 0 Å². The standard InChI is InChI=1S/C9H18O5S/c1-5-6-15(11,12)14-7-13-8(10)9(2,3)4/h5-7H2,1-4H3. The van der Waals surface area contributed by atoms with Gasteiger partial charge in [-0.15, -0.1) is 0 Å². The van der Waals surface area contributed by atoms with Crippen LogP contribution in [-0.2, 0) is 23.8 Å². The third kappa shape index (κ3) is 6.46. The fourth-order valence-electron chi connectivity index (χ4n) is 0.676. The molecule has 0 aliphatic rings. The normalized spacial score (nSPS) is 12.5. The maximum atomic E-state index is 11.2. The van der Waals surface area contributed by atoms with Crippen LogP contribution in [0.5, 0.6) is 0 Å². The predicted molar refractivity (Wildman–Crippen MR) is 55.6 cm³/mol. The van der Waals surface area contributed by atoms with E-state index in [-0.39, 0.29) is 5.75 Å². The molecule has 0 unspecified atom stereocenters. The lowest BCUT2D eigenvalue weighted by atomic mass is 9.98. The Kier molecular flexibility index (Phi) is 5.23. The molecule has 0 fully saturated rings. The maximum Gasteiger partial charge on any atom is 0.313 e. The summed E-state index contributed by atoms with van der Waals surface area (Å²) in [6.07, 6.45) is 0.468. The van der Waals surface area contributed by atoms with Crippen LogP contribution < -0.4 is 0 Å². The molecule has 0 saturated heterocycles. The maximum absolute atomic E-state index is 11.2. The Morgan fingerprint density at radius 3 is 2.20 bits per heavy atom. The molecule has 0 rings (SSSR count). The Morgan fingerprint density at radius 2 is 1.80 bits per heavy atom. The molecule has 90 valence electrons. The van der Waals surface area contributed by atoms with E-state index in [4.69, 9.17) is 0 Å². The highest BCUT2D eigenvalue weighted by Crippen LogP contribution is 2.15. The lowest BCUT2D eigenvalue weighted by Gasteiger charge is -2.16. The quantitative estimate of drug-likeness (QED) is 0.410. The summed E-state index contributed by atoms with van der Waals surface area (Å²) in [6, 6.07) is 0. The summed E-state index contributed by atoms with van der Waals surface area (Å²) in [5.41, 5.74) is -0.655. The van der Waals surface area contributed by atoms with Crippen molar-refractivity contribution in [3.05, 3.63) is 0 Å². The molecule has 0 heterocycles. The van der Waals surface area contributed by atoms with Gasteiger partial charge in [-0.05, 0) is 27.2 Å². The lowest BCUT2D eigenvalue weighted by Crippen LogP contribution is -2.25. The van der Waals surface area contributed by atoms with E-state index >= 15 is 0 Å². The first-order valence-corrected chi connectivity index (χ1v) is 6.31. The van der Waals surface area contributed by atoms with Crippen molar-refractivity contribution < 1.29 is 22.1 Å². The lowest BCUT2D eigenvalue weighted by molar-refractivity contribution is -0.159. The first-order valence-electron chi connectivity index (χ1n) is 4.73. The molecule has 0 atom stereocenters. The summed E-state index contributed by atoms with van der Waals surface area (Å²) >= 11 is 0. The van der Waals surface area contributed by atoms with Crippen LogP contribution in [0.1, 0.15) is 34.1 Å². The van der Waals surface area contributed by atoms with Crippen molar-refractivity contribution in [1.29, 1.82) is 0 Å². The van der Waals surface area contributed by atoms with Crippen LogP contribution in [-0.4, -0.2) is 26.9 Å². The Bertz CT molecular complexity index is 299. The van der Waals surface area contributed by atoms with Crippen molar-refractivity contribution in [1.82, 2.24) is 0 Å². The van der Waals surface area contributed by atoms with E-state index in [0.29, 0.717) is 6.42 Å². The largest absolute Gasteiger partial charge is 0.437 e. The molecule has 0 amide bonds. The van der Waals surface area contributed by atoms with Crippen molar-refractivity contribution in [3.63, 3.8) is 0 Å². The topological polar surface area (TPSA) is 69.7 Å². The van der Waals surface area contributed by atoms with Gasteiger partial charge in [-0.3, -0.25) is 4.79 Å². The summed E-state index contributed by atoms with van der Waals surface area (Å²) in [7, 11) is -3.55. The molecule has 0 aliphatic carbocycles. The van der Waals surface area contributed by atoms with Gasteiger partial charge in [0.2, 0.25) is 6.79 Å². The summed E-state index contributed by atoms with van der Waals surface area (Å²) in [5.74, 6) is -0.561. The van der Waals surface area contributed by atoms with Crippen LogP contribution in [0.15, 0.2) is 0 Å². The fourth-order valence-corrected chi connectivity index (χ4v) is 1.49. The molecule has 0 aliphatic heterocycles. The zero-order valence-corrected chi connectivity index (χ0v) is 10.4. The zero-order chi connectivity index (χ0) is 12.1. The molecule has 0 spiro atoms. The Balaban J connectivity index is 3.96. The first-order chi connectivity index (χ1) is 6.69. The Labute approximate surface area is 90.9 Å². The van der Waals surface area contributed by atoms with Gasteiger partial charge < -0.3 is 4.74 Å². The summed E-state index contributed by atoms with van der Waals surface area (Å²) in [5, 5.41) is 0. The number of carbonyl (C=O) groups excluding carboxylic acids is 1. The van der Waals surface area contributed by atoms with Crippen molar-refractivity contribution in [2.75, 3.05) is 12.5 Å². The second-order valence-electron chi connectivity index (χ2n) is 4.18. The molecule has 0 N–H and O–H groups in total. The highest BCUT2D eigenvalue weighted by molar-refractivity contribution is 7.86. The zero-order valence-electron chi connectivity index (χ0n) is 9.57. The minimum atomic E-state index is -3.55. The van der Waals surface area contributed by atoms with Gasteiger partial charge in [-0.2, -0.15) is 8.42 Å². The SMILES string of the molecule is CCCS(=O)(=O)OCOC(=O)C(C)(C)C. The second-order valence-corrected chi connectivity index (χ2v) is 5.94. The molecule has 0 bridgehead atoms. The van der Waals surface area contributed by atoms with E-state index in [9.17, 15) is 13.2 Å². The van der Waals surface area contributed by atoms with Crippen molar-refractivity contribution >= 4 is 16.1 Å². The van der Waals surface area contributed by atoms with Crippen molar-refractivity contribution in [2.45, 2.75) is 34.1 Å². The van der Waals surface area contributed by atoms with Crippen LogP contribution in [0.2, 0.25) is 0 Å². The van der Waals surface area contributed by atoms with Gasteiger partial charge in [0.1, 0.15) is 0 Å². The summed E-state index contributed by atoms with van der Waals surface area (Å²) < 4.78 is 31.2. The number of hydrogen-bond acceptors (Lipinski definition) is 5. The second kappa shape index (κ2) is 5.46.